The van der Waals surface area contributed by atoms with Crippen LogP contribution >= 0.6 is 11.6 Å². The van der Waals surface area contributed by atoms with Crippen molar-refractivity contribution < 1.29 is 0 Å². The fourth-order valence-corrected chi connectivity index (χ4v) is 2.09. The molecular weight excluding hydrogens is 220 g/mol. The lowest BCUT2D eigenvalue weighted by Gasteiger charge is -2.39. The molecule has 3 heteroatoms. The molecule has 16 heavy (non-hydrogen) atoms. The number of hydrogen-bond donors (Lipinski definition) is 1. The molecule has 0 bridgehead atoms. The molecule has 0 saturated heterocycles. The van der Waals surface area contributed by atoms with Crippen LogP contribution in [0.15, 0.2) is 24.3 Å². The molecule has 1 aromatic rings. The summed E-state index contributed by atoms with van der Waals surface area (Å²) in [5, 5.41) is 0.750. The van der Waals surface area contributed by atoms with Gasteiger partial charge < -0.3 is 10.6 Å². The number of benzene rings is 1. The first kappa shape index (κ1) is 13.5. The fourth-order valence-electron chi connectivity index (χ4n) is 1.96. The summed E-state index contributed by atoms with van der Waals surface area (Å²) in [5.74, 6) is 0. The maximum Gasteiger partial charge on any atom is 0.0561 e. The van der Waals surface area contributed by atoms with E-state index in [1.54, 1.807) is 0 Å². The minimum absolute atomic E-state index is 0.277. The third-order valence-corrected chi connectivity index (χ3v) is 3.74. The van der Waals surface area contributed by atoms with Crippen molar-refractivity contribution in [1.82, 2.24) is 4.90 Å². The molecule has 2 atom stereocenters. The van der Waals surface area contributed by atoms with Gasteiger partial charge in [0.1, 0.15) is 0 Å². The molecule has 90 valence electrons. The average Bonchev–Trinajstić information content (AvgIpc) is 2.27. The molecule has 2 N–H and O–H groups in total. The van der Waals surface area contributed by atoms with Gasteiger partial charge in [-0.05, 0) is 45.1 Å². The van der Waals surface area contributed by atoms with Crippen molar-refractivity contribution in [3.05, 3.63) is 34.9 Å². The number of nitrogens with two attached hydrogens (primary N) is 1. The highest BCUT2D eigenvalue weighted by molar-refractivity contribution is 6.30. The van der Waals surface area contributed by atoms with Crippen LogP contribution in [0.2, 0.25) is 5.02 Å². The molecule has 2 unspecified atom stereocenters. The van der Waals surface area contributed by atoms with Crippen LogP contribution in [0.1, 0.15) is 25.8 Å². The van der Waals surface area contributed by atoms with Crippen LogP contribution in [0.3, 0.4) is 0 Å². The second-order valence-corrected chi connectivity index (χ2v) is 4.98. The summed E-state index contributed by atoms with van der Waals surface area (Å²) in [4.78, 5) is 2.15. The second kappa shape index (κ2) is 5.17. The molecule has 0 aliphatic heterocycles. The van der Waals surface area contributed by atoms with E-state index < -0.39 is 0 Å². The molecule has 0 aliphatic carbocycles. The predicted molar refractivity (Wildman–Crippen MR) is 70.8 cm³/mol. The Hall–Kier alpha value is -0.570. The van der Waals surface area contributed by atoms with Crippen molar-refractivity contribution in [2.24, 2.45) is 5.73 Å². The molecule has 0 aromatic heterocycles. The second-order valence-electron chi connectivity index (χ2n) is 4.54. The summed E-state index contributed by atoms with van der Waals surface area (Å²) in [6.07, 6.45) is 0.897. The monoisotopic (exact) mass is 240 g/mol. The van der Waals surface area contributed by atoms with E-state index in [1.165, 1.54) is 0 Å². The Balaban J connectivity index is 3.09. The highest BCUT2D eigenvalue weighted by Crippen LogP contribution is 2.29. The van der Waals surface area contributed by atoms with Crippen molar-refractivity contribution in [2.45, 2.75) is 31.8 Å². The minimum Gasteiger partial charge on any atom is -0.320 e. The standard InChI is InChI=1S/C13H21ClN2/c1-5-13(15,10(2)16(3)4)11-6-8-12(14)9-7-11/h6-10H,5,15H2,1-4H3. The highest BCUT2D eigenvalue weighted by Gasteiger charge is 2.33. The number of likely N-dealkylation sites (N-methyl/N-ethyl adjacent to an activating group) is 1. The van der Waals surface area contributed by atoms with Crippen molar-refractivity contribution in [1.29, 1.82) is 0 Å². The van der Waals surface area contributed by atoms with Gasteiger partial charge >= 0.3 is 0 Å². The maximum absolute atomic E-state index is 6.53. The van der Waals surface area contributed by atoms with Crippen LogP contribution in [0.4, 0.5) is 0 Å². The molecule has 1 aromatic carbocycles. The van der Waals surface area contributed by atoms with Crippen LogP contribution < -0.4 is 5.73 Å². The number of rotatable bonds is 4. The molecule has 0 aliphatic rings. The number of halogens is 1. The van der Waals surface area contributed by atoms with E-state index in [1.807, 2.05) is 24.3 Å². The van der Waals surface area contributed by atoms with E-state index in [9.17, 15) is 0 Å². The lowest BCUT2D eigenvalue weighted by Crippen LogP contribution is -2.52. The molecule has 0 amide bonds. The van der Waals surface area contributed by atoms with Crippen LogP contribution in [-0.2, 0) is 5.54 Å². The normalized spacial score (nSPS) is 17.2. The lowest BCUT2D eigenvalue weighted by atomic mass is 9.81. The topological polar surface area (TPSA) is 29.3 Å². The van der Waals surface area contributed by atoms with Gasteiger partial charge in [0.05, 0.1) is 5.54 Å². The molecule has 0 saturated carbocycles. The van der Waals surface area contributed by atoms with E-state index in [0.29, 0.717) is 0 Å². The van der Waals surface area contributed by atoms with Crippen LogP contribution in [-0.4, -0.2) is 25.0 Å². The van der Waals surface area contributed by atoms with Gasteiger partial charge in [-0.1, -0.05) is 30.7 Å². The zero-order valence-electron chi connectivity index (χ0n) is 10.5. The fraction of sp³-hybridized carbons (Fsp3) is 0.538. The van der Waals surface area contributed by atoms with Crippen molar-refractivity contribution >= 4 is 11.6 Å². The van der Waals surface area contributed by atoms with E-state index in [2.05, 4.69) is 32.8 Å². The van der Waals surface area contributed by atoms with Crippen molar-refractivity contribution in [3.8, 4) is 0 Å². The first-order chi connectivity index (χ1) is 7.41. The van der Waals surface area contributed by atoms with Crippen LogP contribution in [0.25, 0.3) is 0 Å². The summed E-state index contributed by atoms with van der Waals surface area (Å²) in [7, 11) is 4.11. The molecule has 0 spiro atoms. The van der Waals surface area contributed by atoms with Gasteiger partial charge in [0.15, 0.2) is 0 Å². The van der Waals surface area contributed by atoms with E-state index in [0.717, 1.165) is 17.0 Å². The molecular formula is C13H21ClN2. The summed E-state index contributed by atoms with van der Waals surface area (Å²) in [6.45, 7) is 4.27. The Morgan fingerprint density at radius 2 is 1.81 bits per heavy atom. The number of hydrogen-bond acceptors (Lipinski definition) is 2. The summed E-state index contributed by atoms with van der Waals surface area (Å²) in [6, 6.07) is 8.11. The van der Waals surface area contributed by atoms with E-state index in [-0.39, 0.29) is 11.6 Å². The van der Waals surface area contributed by atoms with Gasteiger partial charge in [0.25, 0.3) is 0 Å². The van der Waals surface area contributed by atoms with Gasteiger partial charge in [-0.15, -0.1) is 0 Å². The molecule has 1 rings (SSSR count). The Morgan fingerprint density at radius 1 is 1.31 bits per heavy atom. The average molecular weight is 241 g/mol. The smallest absolute Gasteiger partial charge is 0.0561 e. The van der Waals surface area contributed by atoms with Gasteiger partial charge in [-0.2, -0.15) is 0 Å². The first-order valence-electron chi connectivity index (χ1n) is 5.63. The quantitative estimate of drug-likeness (QED) is 0.877. The molecule has 0 radical (unpaired) electrons. The zero-order chi connectivity index (χ0) is 12.3. The third-order valence-electron chi connectivity index (χ3n) is 3.49. The lowest BCUT2D eigenvalue weighted by molar-refractivity contribution is 0.187. The van der Waals surface area contributed by atoms with Gasteiger partial charge in [-0.3, -0.25) is 0 Å². The Morgan fingerprint density at radius 3 is 2.19 bits per heavy atom. The van der Waals surface area contributed by atoms with Crippen LogP contribution in [0, 0.1) is 0 Å². The first-order valence-corrected chi connectivity index (χ1v) is 6.01. The number of nitrogens with zero attached hydrogens (tertiary/aromatic N) is 1. The maximum atomic E-state index is 6.53. The Labute approximate surface area is 103 Å². The Kier molecular flexibility index (Phi) is 4.36. The molecule has 2 nitrogen and oxygen atoms in total. The van der Waals surface area contributed by atoms with E-state index in [4.69, 9.17) is 17.3 Å². The summed E-state index contributed by atoms with van der Waals surface area (Å²) >= 11 is 5.90. The SMILES string of the molecule is CCC(N)(c1ccc(Cl)cc1)C(C)N(C)C. The minimum atomic E-state index is -0.325. The largest absolute Gasteiger partial charge is 0.320 e. The summed E-state index contributed by atoms with van der Waals surface area (Å²) in [5.41, 5.74) is 7.34. The predicted octanol–water partition coefficient (Wildman–Crippen LogP) is 2.85. The third kappa shape index (κ3) is 2.57. The van der Waals surface area contributed by atoms with Crippen molar-refractivity contribution in [2.75, 3.05) is 14.1 Å². The highest BCUT2D eigenvalue weighted by atomic mass is 35.5. The van der Waals surface area contributed by atoms with Gasteiger partial charge in [0, 0.05) is 11.1 Å². The van der Waals surface area contributed by atoms with E-state index >= 15 is 0 Å². The van der Waals surface area contributed by atoms with Crippen molar-refractivity contribution in [3.63, 3.8) is 0 Å². The zero-order valence-corrected chi connectivity index (χ0v) is 11.3. The molecule has 0 heterocycles. The van der Waals surface area contributed by atoms with Gasteiger partial charge in [-0.25, -0.2) is 0 Å². The summed E-state index contributed by atoms with van der Waals surface area (Å²) < 4.78 is 0. The molecule has 0 fully saturated rings. The van der Waals surface area contributed by atoms with Crippen LogP contribution in [0.5, 0.6) is 0 Å². The van der Waals surface area contributed by atoms with Gasteiger partial charge in [0.2, 0.25) is 0 Å². The Bertz CT molecular complexity index is 334.